The molecule has 0 amide bonds. The lowest BCUT2D eigenvalue weighted by atomic mass is 10.3. The van der Waals surface area contributed by atoms with Gasteiger partial charge < -0.3 is 5.43 Å². The predicted octanol–water partition coefficient (Wildman–Crippen LogP) is 1.39. The van der Waals surface area contributed by atoms with E-state index in [1.807, 2.05) is 0 Å². The van der Waals surface area contributed by atoms with Gasteiger partial charge in [0.1, 0.15) is 5.69 Å². The van der Waals surface area contributed by atoms with Crippen molar-refractivity contribution in [1.29, 1.82) is 0 Å². The fourth-order valence-corrected chi connectivity index (χ4v) is 0.659. The molecule has 0 saturated carbocycles. The van der Waals surface area contributed by atoms with Crippen LogP contribution in [0.1, 0.15) is 0 Å². The van der Waals surface area contributed by atoms with E-state index in [9.17, 15) is 13.2 Å². The first kappa shape index (κ1) is 7.87. The van der Waals surface area contributed by atoms with Gasteiger partial charge in [0.15, 0.2) is 17.5 Å². The average Bonchev–Trinajstić information content (AvgIpc) is 1.99. The molecule has 0 spiro atoms. The van der Waals surface area contributed by atoms with E-state index in [0.29, 0.717) is 6.07 Å². The molecule has 0 bridgehead atoms. The Morgan fingerprint density at radius 3 is 2.09 bits per heavy atom. The molecule has 0 saturated heterocycles. The molecule has 2 nitrogen and oxygen atoms in total. The molecule has 11 heavy (non-hydrogen) atoms. The van der Waals surface area contributed by atoms with Gasteiger partial charge in [-0.2, -0.15) is 0 Å². The predicted molar refractivity (Wildman–Crippen MR) is 34.1 cm³/mol. The molecule has 0 radical (unpaired) electrons. The zero-order valence-electron chi connectivity index (χ0n) is 5.37. The monoisotopic (exact) mass is 162 g/mol. The van der Waals surface area contributed by atoms with Gasteiger partial charge in [0.2, 0.25) is 0 Å². The van der Waals surface area contributed by atoms with Crippen molar-refractivity contribution >= 4 is 5.69 Å². The lowest BCUT2D eigenvalue weighted by molar-refractivity contribution is 0.499. The topological polar surface area (TPSA) is 38.0 Å². The summed E-state index contributed by atoms with van der Waals surface area (Å²) in [6.45, 7) is 0. The Morgan fingerprint density at radius 1 is 1.09 bits per heavy atom. The summed E-state index contributed by atoms with van der Waals surface area (Å²) < 4.78 is 37.3. The number of benzene rings is 1. The van der Waals surface area contributed by atoms with Crippen LogP contribution in [0.15, 0.2) is 12.1 Å². The molecule has 0 aromatic heterocycles. The lowest BCUT2D eigenvalue weighted by Gasteiger charge is -2.02. The molecule has 0 unspecified atom stereocenters. The van der Waals surface area contributed by atoms with Gasteiger partial charge in [0.05, 0.1) is 0 Å². The van der Waals surface area contributed by atoms with Crippen molar-refractivity contribution in [2.75, 3.05) is 5.43 Å². The number of halogens is 3. The number of rotatable bonds is 1. The highest BCUT2D eigenvalue weighted by atomic mass is 19.2. The summed E-state index contributed by atoms with van der Waals surface area (Å²) in [6.07, 6.45) is 0. The molecule has 1 rings (SSSR count). The van der Waals surface area contributed by atoms with Gasteiger partial charge >= 0.3 is 0 Å². The van der Waals surface area contributed by atoms with Crippen molar-refractivity contribution in [2.24, 2.45) is 5.84 Å². The van der Waals surface area contributed by atoms with E-state index < -0.39 is 23.1 Å². The Labute approximate surface area is 60.8 Å². The van der Waals surface area contributed by atoms with Gasteiger partial charge in [-0.1, -0.05) is 0 Å². The van der Waals surface area contributed by atoms with Gasteiger partial charge in [0.25, 0.3) is 0 Å². The van der Waals surface area contributed by atoms with E-state index >= 15 is 0 Å². The van der Waals surface area contributed by atoms with Crippen molar-refractivity contribution in [3.8, 4) is 0 Å². The Kier molecular flexibility index (Phi) is 2.00. The lowest BCUT2D eigenvalue weighted by Crippen LogP contribution is -2.11. The van der Waals surface area contributed by atoms with Gasteiger partial charge in [-0.15, -0.1) is 0 Å². The molecule has 0 atom stereocenters. The van der Waals surface area contributed by atoms with E-state index in [4.69, 9.17) is 5.84 Å². The summed E-state index contributed by atoms with van der Waals surface area (Å²) in [5.74, 6) is 1.35. The van der Waals surface area contributed by atoms with E-state index in [1.165, 1.54) is 0 Å². The Bertz CT molecular complexity index is 275. The third-order valence-electron chi connectivity index (χ3n) is 1.19. The fraction of sp³-hybridized carbons (Fsp3) is 0. The van der Waals surface area contributed by atoms with Crippen LogP contribution in [0.4, 0.5) is 18.9 Å². The van der Waals surface area contributed by atoms with E-state index in [-0.39, 0.29) is 0 Å². The zero-order chi connectivity index (χ0) is 8.43. The minimum atomic E-state index is -1.31. The van der Waals surface area contributed by atoms with Crippen LogP contribution < -0.4 is 11.3 Å². The van der Waals surface area contributed by atoms with Gasteiger partial charge in [-0.05, 0) is 12.1 Å². The van der Waals surface area contributed by atoms with Gasteiger partial charge in [-0.3, -0.25) is 5.84 Å². The van der Waals surface area contributed by atoms with Crippen molar-refractivity contribution in [1.82, 2.24) is 0 Å². The van der Waals surface area contributed by atoms with Crippen LogP contribution in [0.25, 0.3) is 0 Å². The summed E-state index contributed by atoms with van der Waals surface area (Å²) in [4.78, 5) is 0. The van der Waals surface area contributed by atoms with Crippen LogP contribution >= 0.6 is 0 Å². The molecule has 0 aliphatic heterocycles. The first-order valence-corrected chi connectivity index (χ1v) is 2.77. The van der Waals surface area contributed by atoms with Gasteiger partial charge in [-0.25, -0.2) is 13.2 Å². The van der Waals surface area contributed by atoms with Crippen LogP contribution in [0.2, 0.25) is 0 Å². The fourth-order valence-electron chi connectivity index (χ4n) is 0.659. The standard InChI is InChI=1S/C6H5F3N2/c7-3-1-2-4(8)6(11-10)5(3)9/h1-2,11H,10H2. The molecule has 1 aromatic rings. The number of hydrogen-bond acceptors (Lipinski definition) is 2. The first-order chi connectivity index (χ1) is 5.16. The van der Waals surface area contributed by atoms with Crippen LogP contribution in [-0.2, 0) is 0 Å². The molecule has 0 heterocycles. The third-order valence-corrected chi connectivity index (χ3v) is 1.19. The van der Waals surface area contributed by atoms with Crippen molar-refractivity contribution in [3.05, 3.63) is 29.6 Å². The molecule has 3 N–H and O–H groups in total. The number of nitrogen functional groups attached to an aromatic ring is 1. The summed E-state index contributed by atoms with van der Waals surface area (Å²) >= 11 is 0. The Balaban J connectivity index is 3.29. The van der Waals surface area contributed by atoms with Crippen molar-refractivity contribution in [3.63, 3.8) is 0 Å². The van der Waals surface area contributed by atoms with Crippen LogP contribution in [0.5, 0.6) is 0 Å². The minimum absolute atomic E-state index is 0.662. The van der Waals surface area contributed by atoms with Crippen molar-refractivity contribution in [2.45, 2.75) is 0 Å². The normalized spacial score (nSPS) is 9.82. The summed E-state index contributed by atoms with van der Waals surface area (Å²) in [7, 11) is 0. The number of anilines is 1. The quantitative estimate of drug-likeness (QED) is 0.372. The molecule has 0 aliphatic carbocycles. The van der Waals surface area contributed by atoms with E-state index in [2.05, 4.69) is 0 Å². The second-order valence-corrected chi connectivity index (χ2v) is 1.86. The highest BCUT2D eigenvalue weighted by Gasteiger charge is 2.11. The maximum Gasteiger partial charge on any atom is 0.186 e. The second kappa shape index (κ2) is 2.79. The van der Waals surface area contributed by atoms with Crippen LogP contribution in [-0.4, -0.2) is 0 Å². The molecular weight excluding hydrogens is 157 g/mol. The molecule has 0 aliphatic rings. The maximum absolute atomic E-state index is 12.5. The Hall–Kier alpha value is -1.23. The van der Waals surface area contributed by atoms with E-state index in [1.54, 1.807) is 5.43 Å². The van der Waals surface area contributed by atoms with Crippen LogP contribution in [0, 0.1) is 17.5 Å². The number of hydrazine groups is 1. The van der Waals surface area contributed by atoms with E-state index in [0.717, 1.165) is 6.07 Å². The molecule has 5 heteroatoms. The summed E-state index contributed by atoms with van der Waals surface area (Å²) in [6, 6.07) is 1.47. The SMILES string of the molecule is NNc1c(F)ccc(F)c1F. The highest BCUT2D eigenvalue weighted by Crippen LogP contribution is 2.19. The molecule has 0 fully saturated rings. The smallest absolute Gasteiger partial charge is 0.186 e. The maximum atomic E-state index is 12.5. The summed E-state index contributed by atoms with van der Waals surface area (Å²) in [5.41, 5.74) is 1.05. The average molecular weight is 162 g/mol. The largest absolute Gasteiger partial charge is 0.319 e. The number of hydrogen-bond donors (Lipinski definition) is 2. The Morgan fingerprint density at radius 2 is 1.64 bits per heavy atom. The number of nitrogens with one attached hydrogen (secondary N) is 1. The van der Waals surface area contributed by atoms with Crippen LogP contribution in [0.3, 0.4) is 0 Å². The van der Waals surface area contributed by atoms with Crippen molar-refractivity contribution < 1.29 is 13.2 Å². The third kappa shape index (κ3) is 1.27. The second-order valence-electron chi connectivity index (χ2n) is 1.86. The minimum Gasteiger partial charge on any atom is -0.319 e. The number of nitrogens with two attached hydrogens (primary N) is 1. The summed E-state index contributed by atoms with van der Waals surface area (Å²) in [5, 5.41) is 0. The molecule has 60 valence electrons. The molecule has 1 aromatic carbocycles. The van der Waals surface area contributed by atoms with Gasteiger partial charge in [0, 0.05) is 0 Å². The highest BCUT2D eigenvalue weighted by molar-refractivity contribution is 5.45. The zero-order valence-corrected chi connectivity index (χ0v) is 5.37. The molecular formula is C6H5F3N2. The first-order valence-electron chi connectivity index (χ1n) is 2.77.